The van der Waals surface area contributed by atoms with E-state index in [1.54, 1.807) is 14.2 Å². The van der Waals surface area contributed by atoms with Gasteiger partial charge in [0.15, 0.2) is 11.5 Å². The SMILES string of the molecule is COc1c(C)ccc(CN)c1OC. The van der Waals surface area contributed by atoms with E-state index in [0.717, 1.165) is 22.6 Å². The van der Waals surface area contributed by atoms with Crippen molar-refractivity contribution < 1.29 is 9.47 Å². The summed E-state index contributed by atoms with van der Waals surface area (Å²) in [5.41, 5.74) is 7.58. The molecule has 1 rings (SSSR count). The number of hydrogen-bond acceptors (Lipinski definition) is 3. The molecule has 0 heterocycles. The summed E-state index contributed by atoms with van der Waals surface area (Å²) in [5, 5.41) is 0. The first-order chi connectivity index (χ1) is 6.24. The zero-order chi connectivity index (χ0) is 9.84. The van der Waals surface area contributed by atoms with Gasteiger partial charge in [-0.15, -0.1) is 0 Å². The first-order valence-corrected chi connectivity index (χ1v) is 4.15. The molecule has 13 heavy (non-hydrogen) atoms. The van der Waals surface area contributed by atoms with Crippen LogP contribution in [0.3, 0.4) is 0 Å². The summed E-state index contributed by atoms with van der Waals surface area (Å²) in [6.45, 7) is 2.43. The van der Waals surface area contributed by atoms with Crippen molar-refractivity contribution in [1.82, 2.24) is 0 Å². The maximum Gasteiger partial charge on any atom is 0.165 e. The zero-order valence-corrected chi connectivity index (χ0v) is 8.26. The van der Waals surface area contributed by atoms with Crippen LogP contribution in [0.5, 0.6) is 11.5 Å². The van der Waals surface area contributed by atoms with Crippen LogP contribution in [0.25, 0.3) is 0 Å². The van der Waals surface area contributed by atoms with Gasteiger partial charge in [0.05, 0.1) is 14.2 Å². The number of benzene rings is 1. The minimum Gasteiger partial charge on any atom is -0.493 e. The quantitative estimate of drug-likeness (QED) is 0.768. The second-order valence-corrected chi connectivity index (χ2v) is 2.81. The van der Waals surface area contributed by atoms with Crippen LogP contribution >= 0.6 is 0 Å². The molecular weight excluding hydrogens is 166 g/mol. The maximum atomic E-state index is 5.56. The van der Waals surface area contributed by atoms with Crippen molar-refractivity contribution in [2.75, 3.05) is 14.2 Å². The molecule has 0 saturated heterocycles. The van der Waals surface area contributed by atoms with Crippen LogP contribution in [0.2, 0.25) is 0 Å². The van der Waals surface area contributed by atoms with E-state index in [2.05, 4.69) is 0 Å². The van der Waals surface area contributed by atoms with Gasteiger partial charge in [0.25, 0.3) is 0 Å². The standard InChI is InChI=1S/C10H15NO2/c1-7-4-5-8(6-11)10(13-3)9(7)12-2/h4-5H,6,11H2,1-3H3. The number of nitrogens with two attached hydrogens (primary N) is 1. The molecule has 2 N–H and O–H groups in total. The Bertz CT molecular complexity index is 297. The molecule has 0 aliphatic rings. The minimum atomic E-state index is 0.458. The summed E-state index contributed by atoms with van der Waals surface area (Å²) < 4.78 is 10.5. The lowest BCUT2D eigenvalue weighted by atomic mass is 10.1. The molecular formula is C10H15NO2. The van der Waals surface area contributed by atoms with Crippen LogP contribution < -0.4 is 15.2 Å². The third-order valence-electron chi connectivity index (χ3n) is 2.02. The largest absolute Gasteiger partial charge is 0.493 e. The zero-order valence-electron chi connectivity index (χ0n) is 8.26. The lowest BCUT2D eigenvalue weighted by Gasteiger charge is -2.13. The van der Waals surface area contributed by atoms with Gasteiger partial charge in [-0.1, -0.05) is 12.1 Å². The number of hydrogen-bond donors (Lipinski definition) is 1. The minimum absolute atomic E-state index is 0.458. The molecule has 1 aromatic rings. The highest BCUT2D eigenvalue weighted by molar-refractivity contribution is 5.51. The molecule has 3 nitrogen and oxygen atoms in total. The second kappa shape index (κ2) is 4.14. The second-order valence-electron chi connectivity index (χ2n) is 2.81. The molecule has 0 aromatic heterocycles. The smallest absolute Gasteiger partial charge is 0.165 e. The highest BCUT2D eigenvalue weighted by atomic mass is 16.5. The van der Waals surface area contributed by atoms with E-state index in [1.807, 2.05) is 19.1 Å². The Kier molecular flexibility index (Phi) is 3.14. The molecule has 0 aliphatic heterocycles. The Morgan fingerprint density at radius 2 is 1.77 bits per heavy atom. The van der Waals surface area contributed by atoms with E-state index in [9.17, 15) is 0 Å². The molecule has 0 amide bonds. The third kappa shape index (κ3) is 1.75. The van der Waals surface area contributed by atoms with Crippen molar-refractivity contribution in [3.63, 3.8) is 0 Å². The number of ether oxygens (including phenoxy) is 2. The Morgan fingerprint density at radius 3 is 2.23 bits per heavy atom. The molecule has 0 saturated carbocycles. The van der Waals surface area contributed by atoms with Gasteiger partial charge in [0.1, 0.15) is 0 Å². The molecule has 0 spiro atoms. The fraction of sp³-hybridized carbons (Fsp3) is 0.400. The van der Waals surface area contributed by atoms with Crippen molar-refractivity contribution in [3.05, 3.63) is 23.3 Å². The molecule has 0 fully saturated rings. The van der Waals surface area contributed by atoms with Crippen molar-refractivity contribution in [1.29, 1.82) is 0 Å². The van der Waals surface area contributed by atoms with E-state index in [1.165, 1.54) is 0 Å². The fourth-order valence-electron chi connectivity index (χ4n) is 1.34. The first-order valence-electron chi connectivity index (χ1n) is 4.15. The summed E-state index contributed by atoms with van der Waals surface area (Å²) in [4.78, 5) is 0. The van der Waals surface area contributed by atoms with E-state index in [0.29, 0.717) is 6.54 Å². The van der Waals surface area contributed by atoms with Crippen molar-refractivity contribution in [2.45, 2.75) is 13.5 Å². The maximum absolute atomic E-state index is 5.56. The van der Waals surface area contributed by atoms with Crippen LogP contribution in [0.4, 0.5) is 0 Å². The summed E-state index contributed by atoms with van der Waals surface area (Å²) in [6.07, 6.45) is 0. The topological polar surface area (TPSA) is 44.5 Å². The van der Waals surface area contributed by atoms with Crippen LogP contribution in [-0.4, -0.2) is 14.2 Å². The summed E-state index contributed by atoms with van der Waals surface area (Å²) in [5.74, 6) is 1.51. The Hall–Kier alpha value is -1.22. The number of rotatable bonds is 3. The molecule has 72 valence electrons. The van der Waals surface area contributed by atoms with E-state index >= 15 is 0 Å². The van der Waals surface area contributed by atoms with Gasteiger partial charge < -0.3 is 15.2 Å². The van der Waals surface area contributed by atoms with Crippen molar-refractivity contribution in [2.24, 2.45) is 5.73 Å². The summed E-state index contributed by atoms with van der Waals surface area (Å²) in [7, 11) is 3.25. The average molecular weight is 181 g/mol. The molecule has 0 bridgehead atoms. The van der Waals surface area contributed by atoms with Crippen LogP contribution in [0.1, 0.15) is 11.1 Å². The highest BCUT2D eigenvalue weighted by Crippen LogP contribution is 2.33. The summed E-state index contributed by atoms with van der Waals surface area (Å²) in [6, 6.07) is 3.93. The van der Waals surface area contributed by atoms with Gasteiger partial charge >= 0.3 is 0 Å². The van der Waals surface area contributed by atoms with Gasteiger partial charge in [0, 0.05) is 12.1 Å². The lowest BCUT2D eigenvalue weighted by Crippen LogP contribution is -2.02. The van der Waals surface area contributed by atoms with E-state index in [-0.39, 0.29) is 0 Å². The predicted molar refractivity (Wildman–Crippen MR) is 52.2 cm³/mol. The lowest BCUT2D eigenvalue weighted by molar-refractivity contribution is 0.350. The molecule has 1 aromatic carbocycles. The molecule has 0 atom stereocenters. The highest BCUT2D eigenvalue weighted by Gasteiger charge is 2.10. The first kappa shape index (κ1) is 9.86. The number of methoxy groups -OCH3 is 2. The van der Waals surface area contributed by atoms with Gasteiger partial charge in [-0.25, -0.2) is 0 Å². The summed E-state index contributed by atoms with van der Waals surface area (Å²) >= 11 is 0. The monoisotopic (exact) mass is 181 g/mol. The number of aryl methyl sites for hydroxylation is 1. The van der Waals surface area contributed by atoms with Crippen molar-refractivity contribution in [3.8, 4) is 11.5 Å². The van der Waals surface area contributed by atoms with Crippen LogP contribution in [-0.2, 0) is 6.54 Å². The van der Waals surface area contributed by atoms with Gasteiger partial charge in [-0.2, -0.15) is 0 Å². The predicted octanol–water partition coefficient (Wildman–Crippen LogP) is 1.47. The normalized spacial score (nSPS) is 9.85. The van der Waals surface area contributed by atoms with Crippen LogP contribution in [0, 0.1) is 6.92 Å². The van der Waals surface area contributed by atoms with Gasteiger partial charge in [-0.05, 0) is 12.5 Å². The Morgan fingerprint density at radius 1 is 1.15 bits per heavy atom. The average Bonchev–Trinajstić information content (AvgIpc) is 2.17. The van der Waals surface area contributed by atoms with E-state index < -0.39 is 0 Å². The van der Waals surface area contributed by atoms with Crippen LogP contribution in [0.15, 0.2) is 12.1 Å². The Balaban J connectivity index is 3.27. The van der Waals surface area contributed by atoms with Crippen molar-refractivity contribution >= 4 is 0 Å². The molecule has 0 aliphatic carbocycles. The fourth-order valence-corrected chi connectivity index (χ4v) is 1.34. The molecule has 0 radical (unpaired) electrons. The Labute approximate surface area is 78.5 Å². The molecule has 3 heteroatoms. The molecule has 0 unspecified atom stereocenters. The third-order valence-corrected chi connectivity index (χ3v) is 2.02. The van der Waals surface area contributed by atoms with Gasteiger partial charge in [0.2, 0.25) is 0 Å². The van der Waals surface area contributed by atoms with E-state index in [4.69, 9.17) is 15.2 Å². The van der Waals surface area contributed by atoms with Gasteiger partial charge in [-0.3, -0.25) is 0 Å².